The van der Waals surface area contributed by atoms with Crippen molar-refractivity contribution in [1.29, 1.82) is 0 Å². The molecular weight excluding hydrogens is 228 g/mol. The molecule has 92 valence electrons. The third-order valence-corrected chi connectivity index (χ3v) is 5.20. The molecule has 2 aliphatic rings. The van der Waals surface area contributed by atoms with E-state index < -0.39 is 15.9 Å². The SMILES string of the molecule is NC1CCCN(C2CCCS(=O)(=O)C2)C1=O. The number of likely N-dealkylation sites (tertiary alicyclic amines) is 1. The fourth-order valence-corrected chi connectivity index (χ4v) is 4.24. The molecule has 0 radical (unpaired) electrons. The highest BCUT2D eigenvalue weighted by Crippen LogP contribution is 2.21. The molecule has 2 N–H and O–H groups in total. The summed E-state index contributed by atoms with van der Waals surface area (Å²) in [5.74, 6) is 0.302. The standard InChI is InChI=1S/C10H18N2O3S/c11-9-4-1-5-12(10(9)13)8-3-2-6-16(14,15)7-8/h8-9H,1-7,11H2. The van der Waals surface area contributed by atoms with Crippen LogP contribution >= 0.6 is 0 Å². The summed E-state index contributed by atoms with van der Waals surface area (Å²) in [6.45, 7) is 0.659. The number of amides is 1. The van der Waals surface area contributed by atoms with Crippen LogP contribution in [0.2, 0.25) is 0 Å². The van der Waals surface area contributed by atoms with Crippen molar-refractivity contribution < 1.29 is 13.2 Å². The molecule has 2 rings (SSSR count). The Balaban J connectivity index is 2.09. The zero-order valence-corrected chi connectivity index (χ0v) is 10.1. The van der Waals surface area contributed by atoms with Crippen LogP contribution in [-0.2, 0) is 14.6 Å². The number of rotatable bonds is 1. The van der Waals surface area contributed by atoms with E-state index in [-0.39, 0.29) is 23.5 Å². The summed E-state index contributed by atoms with van der Waals surface area (Å²) in [5, 5.41) is 0. The number of sulfone groups is 1. The summed E-state index contributed by atoms with van der Waals surface area (Å²) >= 11 is 0. The van der Waals surface area contributed by atoms with E-state index in [0.29, 0.717) is 13.0 Å². The number of nitrogens with two attached hydrogens (primary N) is 1. The van der Waals surface area contributed by atoms with Crippen LogP contribution in [0.3, 0.4) is 0 Å². The lowest BCUT2D eigenvalue weighted by molar-refractivity contribution is -0.137. The quantitative estimate of drug-likeness (QED) is 0.677. The third-order valence-electron chi connectivity index (χ3n) is 3.39. The van der Waals surface area contributed by atoms with Gasteiger partial charge < -0.3 is 10.6 Å². The van der Waals surface area contributed by atoms with Crippen LogP contribution in [0, 0.1) is 0 Å². The van der Waals surface area contributed by atoms with Gasteiger partial charge in [-0.05, 0) is 25.7 Å². The molecule has 0 aromatic rings. The fraction of sp³-hybridized carbons (Fsp3) is 0.900. The van der Waals surface area contributed by atoms with Crippen molar-refractivity contribution in [2.45, 2.75) is 37.8 Å². The molecule has 0 bridgehead atoms. The maximum absolute atomic E-state index is 11.8. The van der Waals surface area contributed by atoms with Gasteiger partial charge in [-0.15, -0.1) is 0 Å². The highest BCUT2D eigenvalue weighted by molar-refractivity contribution is 7.91. The summed E-state index contributed by atoms with van der Waals surface area (Å²) in [7, 11) is -2.96. The van der Waals surface area contributed by atoms with Gasteiger partial charge in [0.2, 0.25) is 5.91 Å². The average molecular weight is 246 g/mol. The molecule has 2 unspecified atom stereocenters. The number of piperidine rings is 1. The van der Waals surface area contributed by atoms with E-state index in [1.54, 1.807) is 4.90 Å². The average Bonchev–Trinajstić information content (AvgIpc) is 2.20. The molecule has 0 spiro atoms. The molecule has 0 aromatic heterocycles. The predicted octanol–water partition coefficient (Wildman–Crippen LogP) is -0.487. The van der Waals surface area contributed by atoms with Gasteiger partial charge in [-0.3, -0.25) is 4.79 Å². The van der Waals surface area contributed by atoms with Crippen molar-refractivity contribution in [3.63, 3.8) is 0 Å². The molecular formula is C10H18N2O3S. The van der Waals surface area contributed by atoms with Gasteiger partial charge in [-0.1, -0.05) is 0 Å². The van der Waals surface area contributed by atoms with Crippen LogP contribution in [0.5, 0.6) is 0 Å². The third kappa shape index (κ3) is 2.38. The van der Waals surface area contributed by atoms with Gasteiger partial charge in [0, 0.05) is 12.6 Å². The Bertz CT molecular complexity index is 380. The smallest absolute Gasteiger partial charge is 0.239 e. The van der Waals surface area contributed by atoms with Gasteiger partial charge >= 0.3 is 0 Å². The van der Waals surface area contributed by atoms with Gasteiger partial charge in [-0.25, -0.2) is 8.42 Å². The highest BCUT2D eigenvalue weighted by Gasteiger charge is 2.35. The lowest BCUT2D eigenvalue weighted by Crippen LogP contribution is -2.55. The normalized spacial score (nSPS) is 35.1. The molecule has 2 heterocycles. The topological polar surface area (TPSA) is 80.5 Å². The van der Waals surface area contributed by atoms with E-state index in [4.69, 9.17) is 5.73 Å². The van der Waals surface area contributed by atoms with E-state index in [1.807, 2.05) is 0 Å². The van der Waals surface area contributed by atoms with Gasteiger partial charge in [-0.2, -0.15) is 0 Å². The lowest BCUT2D eigenvalue weighted by atomic mass is 10.0. The van der Waals surface area contributed by atoms with E-state index in [2.05, 4.69) is 0 Å². The molecule has 5 nitrogen and oxygen atoms in total. The highest BCUT2D eigenvalue weighted by atomic mass is 32.2. The van der Waals surface area contributed by atoms with E-state index in [1.165, 1.54) is 0 Å². The van der Waals surface area contributed by atoms with Crippen LogP contribution < -0.4 is 5.73 Å². The number of carbonyl (C=O) groups excluding carboxylic acids is 1. The minimum Gasteiger partial charge on any atom is -0.337 e. The maximum Gasteiger partial charge on any atom is 0.239 e. The van der Waals surface area contributed by atoms with Crippen molar-refractivity contribution in [3.05, 3.63) is 0 Å². The first-order valence-electron chi connectivity index (χ1n) is 5.76. The summed E-state index contributed by atoms with van der Waals surface area (Å²) in [6, 6.07) is -0.573. The van der Waals surface area contributed by atoms with Gasteiger partial charge in [0.1, 0.15) is 0 Å². The Hall–Kier alpha value is -0.620. The van der Waals surface area contributed by atoms with Crippen LogP contribution in [-0.4, -0.2) is 49.4 Å². The van der Waals surface area contributed by atoms with Gasteiger partial charge in [0.25, 0.3) is 0 Å². The first-order valence-corrected chi connectivity index (χ1v) is 7.58. The molecule has 6 heteroatoms. The summed E-state index contributed by atoms with van der Waals surface area (Å²) < 4.78 is 23.0. The minimum absolute atomic E-state index is 0.0756. The first-order chi connectivity index (χ1) is 7.49. The molecule has 2 fully saturated rings. The summed E-state index contributed by atoms with van der Waals surface area (Å²) in [4.78, 5) is 13.5. The number of carbonyl (C=O) groups is 1. The summed E-state index contributed by atoms with van der Waals surface area (Å²) in [6.07, 6.45) is 3.04. The second-order valence-electron chi connectivity index (χ2n) is 4.69. The van der Waals surface area contributed by atoms with Crippen LogP contribution in [0.4, 0.5) is 0 Å². The van der Waals surface area contributed by atoms with Gasteiger partial charge in [0.05, 0.1) is 17.5 Å². The van der Waals surface area contributed by atoms with E-state index >= 15 is 0 Å². The van der Waals surface area contributed by atoms with Gasteiger partial charge in [0.15, 0.2) is 9.84 Å². The van der Waals surface area contributed by atoms with Crippen molar-refractivity contribution in [3.8, 4) is 0 Å². The van der Waals surface area contributed by atoms with Crippen molar-refractivity contribution in [2.75, 3.05) is 18.1 Å². The van der Waals surface area contributed by atoms with Crippen molar-refractivity contribution in [2.24, 2.45) is 5.73 Å². The van der Waals surface area contributed by atoms with Crippen LogP contribution in [0.1, 0.15) is 25.7 Å². The first kappa shape index (κ1) is 11.9. The fourth-order valence-electron chi connectivity index (χ4n) is 2.54. The second-order valence-corrected chi connectivity index (χ2v) is 6.92. The van der Waals surface area contributed by atoms with Crippen molar-refractivity contribution >= 4 is 15.7 Å². The molecule has 16 heavy (non-hydrogen) atoms. The predicted molar refractivity (Wildman–Crippen MR) is 60.6 cm³/mol. The van der Waals surface area contributed by atoms with E-state index in [9.17, 15) is 13.2 Å². The molecule has 0 aliphatic carbocycles. The zero-order chi connectivity index (χ0) is 11.8. The maximum atomic E-state index is 11.8. The Kier molecular flexibility index (Phi) is 3.21. The Labute approximate surface area is 95.9 Å². The molecule has 0 saturated carbocycles. The molecule has 2 aliphatic heterocycles. The van der Waals surface area contributed by atoms with Crippen LogP contribution in [0.25, 0.3) is 0 Å². The number of hydrogen-bond donors (Lipinski definition) is 1. The largest absolute Gasteiger partial charge is 0.337 e. The minimum atomic E-state index is -2.96. The lowest BCUT2D eigenvalue weighted by Gasteiger charge is -2.38. The molecule has 2 saturated heterocycles. The second kappa shape index (κ2) is 4.33. The van der Waals surface area contributed by atoms with E-state index in [0.717, 1.165) is 19.3 Å². The molecule has 2 atom stereocenters. The Morgan fingerprint density at radius 1 is 1.25 bits per heavy atom. The molecule has 1 amide bonds. The Morgan fingerprint density at radius 3 is 2.69 bits per heavy atom. The number of hydrogen-bond acceptors (Lipinski definition) is 4. The zero-order valence-electron chi connectivity index (χ0n) is 9.26. The summed E-state index contributed by atoms with van der Waals surface area (Å²) in [5.41, 5.74) is 5.70. The number of nitrogens with zero attached hydrogens (tertiary/aromatic N) is 1. The van der Waals surface area contributed by atoms with Crippen LogP contribution in [0.15, 0.2) is 0 Å². The van der Waals surface area contributed by atoms with Crippen molar-refractivity contribution in [1.82, 2.24) is 4.90 Å². The molecule has 0 aromatic carbocycles. The Morgan fingerprint density at radius 2 is 2.00 bits per heavy atom. The monoisotopic (exact) mass is 246 g/mol.